The summed E-state index contributed by atoms with van der Waals surface area (Å²) in [6.07, 6.45) is 3.65. The van der Waals surface area contributed by atoms with E-state index in [9.17, 15) is 4.79 Å². The van der Waals surface area contributed by atoms with Gasteiger partial charge in [0.25, 0.3) is 0 Å². The van der Waals surface area contributed by atoms with Gasteiger partial charge in [-0.3, -0.25) is 9.78 Å². The minimum atomic E-state index is -0.201. The van der Waals surface area contributed by atoms with E-state index in [1.807, 2.05) is 36.9 Å². The lowest BCUT2D eigenvalue weighted by Crippen LogP contribution is -2.32. The number of likely N-dealkylation sites (tertiary alicyclic amines) is 1. The van der Waals surface area contributed by atoms with Crippen LogP contribution in [0.15, 0.2) is 33.4 Å². The highest BCUT2D eigenvalue weighted by molar-refractivity contribution is 5.79. The molecule has 1 atom stereocenters. The highest BCUT2D eigenvalue weighted by Gasteiger charge is 2.34. The number of aromatic nitrogens is 4. The third kappa shape index (κ3) is 2.98. The van der Waals surface area contributed by atoms with Crippen molar-refractivity contribution in [2.45, 2.75) is 39.2 Å². The summed E-state index contributed by atoms with van der Waals surface area (Å²) >= 11 is 0. The molecule has 0 saturated carbocycles. The molecule has 0 aliphatic carbocycles. The number of amides is 1. The van der Waals surface area contributed by atoms with Crippen LogP contribution in [0.2, 0.25) is 0 Å². The SMILES string of the molecule is Cc1noc(C)c1CC(=O)N1CCC[C@@H]1c1nc(-c2ccccn2)no1. The zero-order valence-corrected chi connectivity index (χ0v) is 14.7. The van der Waals surface area contributed by atoms with Crippen LogP contribution in [0.5, 0.6) is 0 Å². The van der Waals surface area contributed by atoms with Gasteiger partial charge in [0, 0.05) is 18.3 Å². The van der Waals surface area contributed by atoms with Gasteiger partial charge in [-0.15, -0.1) is 0 Å². The van der Waals surface area contributed by atoms with Gasteiger partial charge in [-0.05, 0) is 38.8 Å². The van der Waals surface area contributed by atoms with Crippen molar-refractivity contribution in [2.75, 3.05) is 6.54 Å². The second-order valence-electron chi connectivity index (χ2n) is 6.40. The monoisotopic (exact) mass is 353 g/mol. The average molecular weight is 353 g/mol. The maximum Gasteiger partial charge on any atom is 0.249 e. The summed E-state index contributed by atoms with van der Waals surface area (Å²) in [5.41, 5.74) is 2.25. The molecule has 1 amide bonds. The summed E-state index contributed by atoms with van der Waals surface area (Å²) in [4.78, 5) is 23.3. The van der Waals surface area contributed by atoms with Crippen LogP contribution in [-0.2, 0) is 11.2 Å². The van der Waals surface area contributed by atoms with Gasteiger partial charge >= 0.3 is 0 Å². The molecule has 134 valence electrons. The predicted octanol–water partition coefficient (Wildman–Crippen LogP) is 2.64. The van der Waals surface area contributed by atoms with E-state index in [4.69, 9.17) is 9.05 Å². The maximum absolute atomic E-state index is 12.8. The molecule has 0 aromatic carbocycles. The van der Waals surface area contributed by atoms with Crippen LogP contribution >= 0.6 is 0 Å². The summed E-state index contributed by atoms with van der Waals surface area (Å²) in [7, 11) is 0. The molecule has 26 heavy (non-hydrogen) atoms. The van der Waals surface area contributed by atoms with Gasteiger partial charge in [-0.25, -0.2) is 0 Å². The second kappa shape index (κ2) is 6.70. The fourth-order valence-corrected chi connectivity index (χ4v) is 3.30. The minimum absolute atomic E-state index is 0.0134. The Balaban J connectivity index is 1.53. The van der Waals surface area contributed by atoms with Crippen molar-refractivity contribution in [1.29, 1.82) is 0 Å². The average Bonchev–Trinajstić information content (AvgIpc) is 3.38. The Labute approximate surface area is 150 Å². The van der Waals surface area contributed by atoms with Crippen molar-refractivity contribution in [1.82, 2.24) is 25.2 Å². The molecule has 0 unspecified atom stereocenters. The molecule has 8 nitrogen and oxygen atoms in total. The predicted molar refractivity (Wildman–Crippen MR) is 90.9 cm³/mol. The largest absolute Gasteiger partial charge is 0.361 e. The quantitative estimate of drug-likeness (QED) is 0.711. The molecular weight excluding hydrogens is 334 g/mol. The van der Waals surface area contributed by atoms with E-state index in [1.54, 1.807) is 6.20 Å². The summed E-state index contributed by atoms with van der Waals surface area (Å²) in [5, 5.41) is 7.93. The van der Waals surface area contributed by atoms with Crippen LogP contribution in [0, 0.1) is 13.8 Å². The standard InChI is InChI=1S/C18H19N5O3/c1-11-13(12(2)25-21-11)10-16(24)23-9-5-7-15(23)18-20-17(22-26-18)14-6-3-4-8-19-14/h3-4,6,8,15H,5,7,9-10H2,1-2H3/t15-/m1/s1. The van der Waals surface area contributed by atoms with Gasteiger partial charge in [0.15, 0.2) is 0 Å². The molecule has 4 rings (SSSR count). The first-order chi connectivity index (χ1) is 12.6. The van der Waals surface area contributed by atoms with E-state index in [0.717, 1.165) is 24.1 Å². The molecule has 0 bridgehead atoms. The Hall–Kier alpha value is -3.03. The first kappa shape index (κ1) is 16.4. The van der Waals surface area contributed by atoms with Gasteiger partial charge in [-0.2, -0.15) is 4.98 Å². The van der Waals surface area contributed by atoms with Crippen LogP contribution in [0.25, 0.3) is 11.5 Å². The molecule has 0 spiro atoms. The maximum atomic E-state index is 12.8. The molecule has 8 heteroatoms. The van der Waals surface area contributed by atoms with Crippen molar-refractivity contribution in [3.63, 3.8) is 0 Å². The van der Waals surface area contributed by atoms with Crippen LogP contribution < -0.4 is 0 Å². The van der Waals surface area contributed by atoms with Gasteiger partial charge in [0.1, 0.15) is 17.5 Å². The van der Waals surface area contributed by atoms with Gasteiger partial charge in [0.2, 0.25) is 17.6 Å². The Kier molecular flexibility index (Phi) is 4.24. The first-order valence-corrected chi connectivity index (χ1v) is 8.59. The van der Waals surface area contributed by atoms with Crippen molar-refractivity contribution in [2.24, 2.45) is 0 Å². The number of hydrogen-bond donors (Lipinski definition) is 0. The van der Waals surface area contributed by atoms with E-state index in [0.29, 0.717) is 29.7 Å². The molecule has 1 aliphatic heterocycles. The van der Waals surface area contributed by atoms with Crippen molar-refractivity contribution < 1.29 is 13.8 Å². The molecule has 1 fully saturated rings. The number of carbonyl (C=O) groups excluding carboxylic acids is 1. The van der Waals surface area contributed by atoms with Gasteiger partial charge in [-0.1, -0.05) is 16.4 Å². The lowest BCUT2D eigenvalue weighted by Gasteiger charge is -2.21. The third-order valence-electron chi connectivity index (χ3n) is 4.70. The van der Waals surface area contributed by atoms with E-state index in [-0.39, 0.29) is 18.4 Å². The molecule has 3 aromatic heterocycles. The zero-order valence-electron chi connectivity index (χ0n) is 14.7. The van der Waals surface area contributed by atoms with E-state index in [1.165, 1.54) is 0 Å². The highest BCUT2D eigenvalue weighted by Crippen LogP contribution is 2.32. The fraction of sp³-hybridized carbons (Fsp3) is 0.389. The smallest absolute Gasteiger partial charge is 0.249 e. The number of carbonyl (C=O) groups is 1. The van der Waals surface area contributed by atoms with Crippen LogP contribution in [-0.4, -0.2) is 37.6 Å². The van der Waals surface area contributed by atoms with Gasteiger partial charge < -0.3 is 13.9 Å². The second-order valence-corrected chi connectivity index (χ2v) is 6.40. The molecule has 0 N–H and O–H groups in total. The Morgan fingerprint density at radius 3 is 2.88 bits per heavy atom. The number of rotatable bonds is 4. The lowest BCUT2D eigenvalue weighted by molar-refractivity contribution is -0.131. The first-order valence-electron chi connectivity index (χ1n) is 8.59. The topological polar surface area (TPSA) is 98.2 Å². The number of pyridine rings is 1. The summed E-state index contributed by atoms with van der Waals surface area (Å²) in [6.45, 7) is 4.34. The summed E-state index contributed by atoms with van der Waals surface area (Å²) in [6, 6.07) is 5.32. The summed E-state index contributed by atoms with van der Waals surface area (Å²) < 4.78 is 10.6. The van der Waals surface area contributed by atoms with Crippen LogP contribution in [0.3, 0.4) is 0 Å². The highest BCUT2D eigenvalue weighted by atomic mass is 16.5. The molecular formula is C18H19N5O3. The molecule has 3 aromatic rings. The molecule has 1 aliphatic rings. The third-order valence-corrected chi connectivity index (χ3v) is 4.70. The Bertz CT molecular complexity index is 899. The van der Waals surface area contributed by atoms with Crippen molar-refractivity contribution in [3.8, 4) is 11.5 Å². The van der Waals surface area contributed by atoms with E-state index < -0.39 is 0 Å². The van der Waals surface area contributed by atoms with Crippen molar-refractivity contribution in [3.05, 3.63) is 47.3 Å². The van der Waals surface area contributed by atoms with Crippen LogP contribution in [0.4, 0.5) is 0 Å². The molecule has 4 heterocycles. The minimum Gasteiger partial charge on any atom is -0.361 e. The van der Waals surface area contributed by atoms with Crippen molar-refractivity contribution >= 4 is 5.91 Å². The summed E-state index contributed by atoms with van der Waals surface area (Å²) in [5.74, 6) is 1.59. The lowest BCUT2D eigenvalue weighted by atomic mass is 10.1. The Morgan fingerprint density at radius 1 is 1.27 bits per heavy atom. The van der Waals surface area contributed by atoms with Crippen LogP contribution in [0.1, 0.15) is 41.8 Å². The normalized spacial score (nSPS) is 17.0. The van der Waals surface area contributed by atoms with E-state index in [2.05, 4.69) is 20.3 Å². The fourth-order valence-electron chi connectivity index (χ4n) is 3.30. The molecule has 0 radical (unpaired) electrons. The Morgan fingerprint density at radius 2 is 2.15 bits per heavy atom. The van der Waals surface area contributed by atoms with E-state index >= 15 is 0 Å². The number of aryl methyl sites for hydroxylation is 2. The number of nitrogens with zero attached hydrogens (tertiary/aromatic N) is 5. The van der Waals surface area contributed by atoms with Gasteiger partial charge in [0.05, 0.1) is 12.1 Å². The zero-order chi connectivity index (χ0) is 18.1. The molecule has 1 saturated heterocycles. The number of hydrogen-bond acceptors (Lipinski definition) is 7.